The van der Waals surface area contributed by atoms with Gasteiger partial charge in [-0.3, -0.25) is 0 Å². The van der Waals surface area contributed by atoms with E-state index in [9.17, 15) is 0 Å². The number of nitrogens with zero attached hydrogens (tertiary/aromatic N) is 2. The molecule has 0 unspecified atom stereocenters. The van der Waals surface area contributed by atoms with Gasteiger partial charge < -0.3 is 10.1 Å². The van der Waals surface area contributed by atoms with Crippen molar-refractivity contribution in [1.29, 1.82) is 0 Å². The van der Waals surface area contributed by atoms with Crippen molar-refractivity contribution in [1.82, 2.24) is 9.97 Å². The fourth-order valence-corrected chi connectivity index (χ4v) is 2.20. The summed E-state index contributed by atoms with van der Waals surface area (Å²) in [6, 6.07) is 8.17. The van der Waals surface area contributed by atoms with Gasteiger partial charge in [-0.05, 0) is 18.6 Å². The molecule has 4 nitrogen and oxygen atoms in total. The second kappa shape index (κ2) is 4.64. The molecule has 4 heteroatoms. The van der Waals surface area contributed by atoms with Crippen LogP contribution in [0.3, 0.4) is 0 Å². The first-order chi connectivity index (χ1) is 8.88. The summed E-state index contributed by atoms with van der Waals surface area (Å²) in [4.78, 5) is 8.52. The molecule has 0 amide bonds. The lowest BCUT2D eigenvalue weighted by Crippen LogP contribution is -2.00. The minimum atomic E-state index is 0.761. The standard InChI is InChI=1S/C14H15N3O/c1-2-15-13-8-12(16-9-17-13)11-5-3-4-10-6-7-18-14(10)11/h3-5,8-9H,2,6-7H2,1H3,(H,15,16,17). The van der Waals surface area contributed by atoms with Crippen molar-refractivity contribution in [2.45, 2.75) is 13.3 Å². The van der Waals surface area contributed by atoms with Gasteiger partial charge in [0.05, 0.1) is 12.3 Å². The highest BCUT2D eigenvalue weighted by Gasteiger charge is 2.17. The van der Waals surface area contributed by atoms with Crippen LogP contribution >= 0.6 is 0 Å². The third-order valence-electron chi connectivity index (χ3n) is 3.02. The Morgan fingerprint density at radius 1 is 1.33 bits per heavy atom. The maximum absolute atomic E-state index is 5.70. The van der Waals surface area contributed by atoms with Crippen LogP contribution in [0.1, 0.15) is 12.5 Å². The molecular weight excluding hydrogens is 226 g/mol. The summed E-state index contributed by atoms with van der Waals surface area (Å²) in [6.07, 6.45) is 2.57. The number of anilines is 1. The fraction of sp³-hybridized carbons (Fsp3) is 0.286. The van der Waals surface area contributed by atoms with Gasteiger partial charge in [0.15, 0.2) is 0 Å². The molecule has 0 atom stereocenters. The molecule has 92 valence electrons. The Labute approximate surface area is 106 Å². The number of para-hydroxylation sites is 1. The topological polar surface area (TPSA) is 47.0 Å². The number of hydrogen-bond donors (Lipinski definition) is 1. The van der Waals surface area contributed by atoms with Crippen molar-refractivity contribution in [3.05, 3.63) is 36.2 Å². The number of rotatable bonds is 3. The summed E-state index contributed by atoms with van der Waals surface area (Å²) < 4.78 is 5.70. The molecule has 0 saturated heterocycles. The molecule has 1 aromatic heterocycles. The van der Waals surface area contributed by atoms with Crippen LogP contribution < -0.4 is 10.1 Å². The Morgan fingerprint density at radius 2 is 2.28 bits per heavy atom. The maximum Gasteiger partial charge on any atom is 0.132 e. The lowest BCUT2D eigenvalue weighted by atomic mass is 10.1. The van der Waals surface area contributed by atoms with Crippen molar-refractivity contribution in [2.24, 2.45) is 0 Å². The van der Waals surface area contributed by atoms with Gasteiger partial charge in [-0.1, -0.05) is 12.1 Å². The number of nitrogens with one attached hydrogen (secondary N) is 1. The maximum atomic E-state index is 5.70. The van der Waals surface area contributed by atoms with Gasteiger partial charge in [-0.2, -0.15) is 0 Å². The Kier molecular flexibility index (Phi) is 2.84. The van der Waals surface area contributed by atoms with Gasteiger partial charge in [-0.25, -0.2) is 9.97 Å². The van der Waals surface area contributed by atoms with E-state index < -0.39 is 0 Å². The summed E-state index contributed by atoms with van der Waals surface area (Å²) in [5.74, 6) is 1.82. The molecule has 1 N–H and O–H groups in total. The molecule has 18 heavy (non-hydrogen) atoms. The molecule has 1 aliphatic heterocycles. The zero-order valence-electron chi connectivity index (χ0n) is 10.3. The van der Waals surface area contributed by atoms with Crippen LogP contribution in [-0.2, 0) is 6.42 Å². The Balaban J connectivity index is 2.05. The molecular formula is C14H15N3O. The first-order valence-electron chi connectivity index (χ1n) is 6.19. The van der Waals surface area contributed by atoms with E-state index in [1.807, 2.05) is 19.1 Å². The van der Waals surface area contributed by atoms with Gasteiger partial charge >= 0.3 is 0 Å². The molecule has 0 bridgehead atoms. The largest absolute Gasteiger partial charge is 0.492 e. The van der Waals surface area contributed by atoms with Crippen molar-refractivity contribution in [3.63, 3.8) is 0 Å². The molecule has 2 heterocycles. The number of hydrogen-bond acceptors (Lipinski definition) is 4. The summed E-state index contributed by atoms with van der Waals surface area (Å²) in [5, 5.41) is 3.19. The second-order valence-corrected chi connectivity index (χ2v) is 4.21. The van der Waals surface area contributed by atoms with Crippen LogP contribution in [-0.4, -0.2) is 23.1 Å². The van der Waals surface area contributed by atoms with E-state index in [1.165, 1.54) is 5.56 Å². The van der Waals surface area contributed by atoms with E-state index in [4.69, 9.17) is 4.74 Å². The normalized spacial score (nSPS) is 12.9. The van der Waals surface area contributed by atoms with E-state index in [-0.39, 0.29) is 0 Å². The molecule has 0 radical (unpaired) electrons. The third-order valence-corrected chi connectivity index (χ3v) is 3.02. The molecule has 0 spiro atoms. The summed E-state index contributed by atoms with van der Waals surface area (Å²) in [7, 11) is 0. The van der Waals surface area contributed by atoms with Crippen LogP contribution in [0.2, 0.25) is 0 Å². The van der Waals surface area contributed by atoms with Crippen LogP contribution in [0, 0.1) is 0 Å². The third kappa shape index (κ3) is 1.90. The average molecular weight is 241 g/mol. The zero-order valence-corrected chi connectivity index (χ0v) is 10.3. The van der Waals surface area contributed by atoms with E-state index in [0.717, 1.165) is 42.4 Å². The quantitative estimate of drug-likeness (QED) is 0.897. The van der Waals surface area contributed by atoms with Crippen LogP contribution in [0.15, 0.2) is 30.6 Å². The van der Waals surface area contributed by atoms with E-state index >= 15 is 0 Å². The fourth-order valence-electron chi connectivity index (χ4n) is 2.20. The second-order valence-electron chi connectivity index (χ2n) is 4.21. The molecule has 1 aromatic carbocycles. The molecule has 0 saturated carbocycles. The van der Waals surface area contributed by atoms with Gasteiger partial charge in [0, 0.05) is 24.6 Å². The highest BCUT2D eigenvalue weighted by Crippen LogP contribution is 2.36. The van der Waals surface area contributed by atoms with Gasteiger partial charge in [-0.15, -0.1) is 0 Å². The molecule has 0 aliphatic carbocycles. The number of fused-ring (bicyclic) bond motifs is 1. The van der Waals surface area contributed by atoms with Gasteiger partial charge in [0.25, 0.3) is 0 Å². The van der Waals surface area contributed by atoms with E-state index in [1.54, 1.807) is 6.33 Å². The highest BCUT2D eigenvalue weighted by atomic mass is 16.5. The van der Waals surface area contributed by atoms with Crippen molar-refractivity contribution in [2.75, 3.05) is 18.5 Å². The summed E-state index contributed by atoms with van der Waals surface area (Å²) in [5.41, 5.74) is 3.21. The Bertz CT molecular complexity index is 569. The van der Waals surface area contributed by atoms with E-state index in [2.05, 4.69) is 27.4 Å². The average Bonchev–Trinajstić information content (AvgIpc) is 2.87. The van der Waals surface area contributed by atoms with Gasteiger partial charge in [0.2, 0.25) is 0 Å². The smallest absolute Gasteiger partial charge is 0.132 e. The van der Waals surface area contributed by atoms with Gasteiger partial charge in [0.1, 0.15) is 17.9 Å². The number of ether oxygens (including phenoxy) is 1. The monoisotopic (exact) mass is 241 g/mol. The Hall–Kier alpha value is -2.10. The van der Waals surface area contributed by atoms with Crippen LogP contribution in [0.4, 0.5) is 5.82 Å². The molecule has 3 rings (SSSR count). The predicted octanol–water partition coefficient (Wildman–Crippen LogP) is 2.51. The lowest BCUT2D eigenvalue weighted by molar-refractivity contribution is 0.358. The first kappa shape index (κ1) is 11.0. The van der Waals surface area contributed by atoms with Crippen molar-refractivity contribution >= 4 is 5.82 Å². The summed E-state index contributed by atoms with van der Waals surface area (Å²) >= 11 is 0. The van der Waals surface area contributed by atoms with Crippen molar-refractivity contribution in [3.8, 4) is 17.0 Å². The summed E-state index contributed by atoms with van der Waals surface area (Å²) in [6.45, 7) is 3.66. The minimum absolute atomic E-state index is 0.761. The minimum Gasteiger partial charge on any atom is -0.492 e. The number of benzene rings is 1. The predicted molar refractivity (Wildman–Crippen MR) is 70.8 cm³/mol. The molecule has 1 aliphatic rings. The van der Waals surface area contributed by atoms with Crippen LogP contribution in [0.25, 0.3) is 11.3 Å². The SMILES string of the molecule is CCNc1cc(-c2cccc3c2OCC3)ncn1. The van der Waals surface area contributed by atoms with Crippen molar-refractivity contribution < 1.29 is 4.74 Å². The van der Waals surface area contributed by atoms with Crippen LogP contribution in [0.5, 0.6) is 5.75 Å². The Morgan fingerprint density at radius 3 is 3.17 bits per heavy atom. The molecule has 0 fully saturated rings. The number of aromatic nitrogens is 2. The highest BCUT2D eigenvalue weighted by molar-refractivity contribution is 5.71. The first-order valence-corrected chi connectivity index (χ1v) is 6.19. The molecule has 2 aromatic rings. The lowest BCUT2D eigenvalue weighted by Gasteiger charge is -2.08. The van der Waals surface area contributed by atoms with E-state index in [0.29, 0.717) is 0 Å². The zero-order chi connectivity index (χ0) is 12.4.